The van der Waals surface area contributed by atoms with Crippen LogP contribution in [-0.4, -0.2) is 34.4 Å². The zero-order valence-electron chi connectivity index (χ0n) is 15.7. The number of halogens is 2. The summed E-state index contributed by atoms with van der Waals surface area (Å²) in [6.07, 6.45) is -2.41. The van der Waals surface area contributed by atoms with Crippen LogP contribution in [0.4, 0.5) is 4.79 Å². The summed E-state index contributed by atoms with van der Waals surface area (Å²) in [5.74, 6) is -0.841. The zero-order valence-corrected chi connectivity index (χ0v) is 17.2. The monoisotopic (exact) mass is 405 g/mol. The van der Waals surface area contributed by atoms with Crippen LogP contribution in [0.1, 0.15) is 53.2 Å². The van der Waals surface area contributed by atoms with Gasteiger partial charge in [-0.3, -0.25) is 0 Å². The second-order valence-electron chi connectivity index (χ2n) is 7.74. The molecule has 0 bridgehead atoms. The van der Waals surface area contributed by atoms with E-state index in [0.717, 1.165) is 0 Å². The molecule has 8 heteroatoms. The molecule has 0 saturated carbocycles. The van der Waals surface area contributed by atoms with Crippen molar-refractivity contribution >= 4 is 35.3 Å². The Morgan fingerprint density at radius 1 is 1.00 bits per heavy atom. The van der Waals surface area contributed by atoms with Gasteiger partial charge in [-0.05, 0) is 53.7 Å². The number of rotatable bonds is 4. The van der Waals surface area contributed by atoms with E-state index in [9.17, 15) is 14.7 Å². The Morgan fingerprint density at radius 2 is 1.46 bits per heavy atom. The number of hydrogen-bond donors (Lipinski definition) is 2. The Morgan fingerprint density at radius 3 is 1.88 bits per heavy atom. The standard InChI is InChI=1S/C18H25Cl2NO5/c1-17(2,3)25-15(23)13(21-16(24)26-18(4,5)6)14(22)12-10(19)8-7-9-11(12)20/h7-9,13-14,22H,1-6H3,(H,21,24)/t13-,14+/m1/s1. The van der Waals surface area contributed by atoms with Crippen molar-refractivity contribution in [2.75, 3.05) is 0 Å². The van der Waals surface area contributed by atoms with Gasteiger partial charge in [0.2, 0.25) is 0 Å². The minimum Gasteiger partial charge on any atom is -0.458 e. The normalized spacial score (nSPS) is 14.3. The molecule has 0 aliphatic heterocycles. The Balaban J connectivity index is 3.18. The van der Waals surface area contributed by atoms with Gasteiger partial charge < -0.3 is 19.9 Å². The van der Waals surface area contributed by atoms with E-state index >= 15 is 0 Å². The molecule has 1 aromatic rings. The smallest absolute Gasteiger partial charge is 0.408 e. The lowest BCUT2D eigenvalue weighted by atomic mass is 10.0. The summed E-state index contributed by atoms with van der Waals surface area (Å²) in [6.45, 7) is 10.0. The average molecular weight is 406 g/mol. The molecule has 0 aliphatic rings. The Bertz CT molecular complexity index is 644. The Hall–Kier alpha value is -1.50. The highest BCUT2D eigenvalue weighted by Crippen LogP contribution is 2.32. The Kier molecular flexibility index (Phi) is 7.33. The summed E-state index contributed by atoms with van der Waals surface area (Å²) in [4.78, 5) is 24.7. The molecule has 0 aliphatic carbocycles. The van der Waals surface area contributed by atoms with E-state index in [1.165, 1.54) is 12.1 Å². The number of nitrogens with one attached hydrogen (secondary N) is 1. The van der Waals surface area contributed by atoms with Gasteiger partial charge in [0.25, 0.3) is 0 Å². The van der Waals surface area contributed by atoms with E-state index in [-0.39, 0.29) is 15.6 Å². The highest BCUT2D eigenvalue weighted by Gasteiger charge is 2.36. The second-order valence-corrected chi connectivity index (χ2v) is 8.55. The van der Waals surface area contributed by atoms with E-state index in [4.69, 9.17) is 32.7 Å². The van der Waals surface area contributed by atoms with Crippen LogP contribution in [0, 0.1) is 0 Å². The Labute approximate surface area is 163 Å². The third kappa shape index (κ3) is 7.02. The molecule has 1 aromatic carbocycles. The van der Waals surface area contributed by atoms with Crippen LogP contribution >= 0.6 is 23.2 Å². The van der Waals surface area contributed by atoms with Gasteiger partial charge in [-0.25, -0.2) is 9.59 Å². The molecule has 0 spiro atoms. The third-order valence-corrected chi connectivity index (χ3v) is 3.60. The number of alkyl carbamates (subject to hydrolysis) is 1. The number of hydrogen-bond acceptors (Lipinski definition) is 5. The first-order chi connectivity index (χ1) is 11.7. The molecule has 6 nitrogen and oxygen atoms in total. The number of ether oxygens (including phenoxy) is 2. The molecule has 0 saturated heterocycles. The van der Waals surface area contributed by atoms with Crippen molar-refractivity contribution in [3.05, 3.63) is 33.8 Å². The molecular weight excluding hydrogens is 381 g/mol. The second kappa shape index (κ2) is 8.46. The van der Waals surface area contributed by atoms with Crippen LogP contribution in [0.25, 0.3) is 0 Å². The average Bonchev–Trinajstić information content (AvgIpc) is 2.40. The van der Waals surface area contributed by atoms with Gasteiger partial charge in [0.1, 0.15) is 17.3 Å². The summed E-state index contributed by atoms with van der Waals surface area (Å²) in [5, 5.41) is 13.4. The van der Waals surface area contributed by atoms with Crippen LogP contribution in [0.2, 0.25) is 10.0 Å². The molecule has 2 N–H and O–H groups in total. The van der Waals surface area contributed by atoms with Crippen molar-refractivity contribution < 1.29 is 24.2 Å². The SMILES string of the molecule is CC(C)(C)OC(=O)N[C@@H](C(=O)OC(C)(C)C)[C@@H](O)c1c(Cl)cccc1Cl. The summed E-state index contributed by atoms with van der Waals surface area (Å²) < 4.78 is 10.5. The first-order valence-electron chi connectivity index (χ1n) is 8.05. The maximum Gasteiger partial charge on any atom is 0.408 e. The predicted octanol–water partition coefficient (Wildman–Crippen LogP) is 4.26. The molecule has 1 amide bonds. The molecule has 0 fully saturated rings. The molecule has 1 rings (SSSR count). The van der Waals surface area contributed by atoms with E-state index in [1.807, 2.05) is 0 Å². The van der Waals surface area contributed by atoms with Gasteiger partial charge in [-0.1, -0.05) is 29.3 Å². The summed E-state index contributed by atoms with van der Waals surface area (Å²) in [7, 11) is 0. The molecule has 26 heavy (non-hydrogen) atoms. The first kappa shape index (κ1) is 22.5. The summed E-state index contributed by atoms with van der Waals surface area (Å²) in [5.41, 5.74) is -1.49. The van der Waals surface area contributed by atoms with Crippen LogP contribution in [0.3, 0.4) is 0 Å². The number of carbonyl (C=O) groups is 2. The maximum absolute atomic E-state index is 12.6. The maximum atomic E-state index is 12.6. The molecule has 0 unspecified atom stereocenters. The fraction of sp³-hybridized carbons (Fsp3) is 0.556. The van der Waals surface area contributed by atoms with Crippen molar-refractivity contribution in [2.45, 2.75) is 64.9 Å². The number of amides is 1. The minimum absolute atomic E-state index is 0.114. The number of aliphatic hydroxyl groups is 1. The quantitative estimate of drug-likeness (QED) is 0.730. The number of esters is 1. The molecule has 0 radical (unpaired) electrons. The van der Waals surface area contributed by atoms with Gasteiger partial charge in [-0.2, -0.15) is 0 Å². The highest BCUT2D eigenvalue weighted by atomic mass is 35.5. The van der Waals surface area contributed by atoms with Crippen LogP contribution in [0.15, 0.2) is 18.2 Å². The van der Waals surface area contributed by atoms with Crippen molar-refractivity contribution in [3.63, 3.8) is 0 Å². The lowest BCUT2D eigenvalue weighted by molar-refractivity contribution is -0.160. The third-order valence-electron chi connectivity index (χ3n) is 2.94. The number of benzene rings is 1. The fourth-order valence-corrected chi connectivity index (χ4v) is 2.65. The van der Waals surface area contributed by atoms with Crippen LogP contribution < -0.4 is 5.32 Å². The number of carbonyl (C=O) groups excluding carboxylic acids is 2. The molecular formula is C18H25Cl2NO5. The van der Waals surface area contributed by atoms with E-state index in [2.05, 4.69) is 5.32 Å². The minimum atomic E-state index is -1.53. The summed E-state index contributed by atoms with van der Waals surface area (Å²) >= 11 is 12.2. The van der Waals surface area contributed by atoms with Crippen molar-refractivity contribution in [2.24, 2.45) is 0 Å². The molecule has 0 aromatic heterocycles. The summed E-state index contributed by atoms with van der Waals surface area (Å²) in [6, 6.07) is 3.18. The van der Waals surface area contributed by atoms with Crippen molar-refractivity contribution in [1.29, 1.82) is 0 Å². The van der Waals surface area contributed by atoms with Crippen molar-refractivity contribution in [3.8, 4) is 0 Å². The zero-order chi connectivity index (χ0) is 20.3. The first-order valence-corrected chi connectivity index (χ1v) is 8.81. The van der Waals surface area contributed by atoms with E-state index in [0.29, 0.717) is 0 Å². The van der Waals surface area contributed by atoms with Gasteiger partial charge in [0.05, 0.1) is 0 Å². The molecule has 2 atom stereocenters. The lowest BCUT2D eigenvalue weighted by Crippen LogP contribution is -2.49. The van der Waals surface area contributed by atoms with E-state index < -0.39 is 35.4 Å². The van der Waals surface area contributed by atoms with Gasteiger partial charge in [0, 0.05) is 15.6 Å². The van der Waals surface area contributed by atoms with E-state index in [1.54, 1.807) is 47.6 Å². The van der Waals surface area contributed by atoms with Crippen LogP contribution in [-0.2, 0) is 14.3 Å². The largest absolute Gasteiger partial charge is 0.458 e. The highest BCUT2D eigenvalue weighted by molar-refractivity contribution is 6.36. The van der Waals surface area contributed by atoms with Gasteiger partial charge >= 0.3 is 12.1 Å². The topological polar surface area (TPSA) is 84.9 Å². The lowest BCUT2D eigenvalue weighted by Gasteiger charge is -2.29. The fourth-order valence-electron chi connectivity index (χ4n) is 2.03. The van der Waals surface area contributed by atoms with Gasteiger partial charge in [-0.15, -0.1) is 0 Å². The van der Waals surface area contributed by atoms with Crippen molar-refractivity contribution in [1.82, 2.24) is 5.32 Å². The predicted molar refractivity (Wildman–Crippen MR) is 100 cm³/mol. The van der Waals surface area contributed by atoms with Crippen LogP contribution in [0.5, 0.6) is 0 Å². The number of aliphatic hydroxyl groups excluding tert-OH is 1. The molecule has 146 valence electrons. The van der Waals surface area contributed by atoms with Gasteiger partial charge in [0.15, 0.2) is 6.04 Å². The molecule has 0 heterocycles.